The van der Waals surface area contributed by atoms with E-state index in [9.17, 15) is 22.8 Å². The number of likely N-dealkylation sites (tertiary alicyclic amines) is 2. The third-order valence-electron chi connectivity index (χ3n) is 6.48. The molecule has 1 unspecified atom stereocenters. The van der Waals surface area contributed by atoms with E-state index >= 15 is 0 Å². The van der Waals surface area contributed by atoms with Crippen molar-refractivity contribution in [1.82, 2.24) is 14.8 Å². The van der Waals surface area contributed by atoms with Gasteiger partial charge in [-0.25, -0.2) is 13.4 Å². The quantitative estimate of drug-likeness (QED) is 0.681. The lowest BCUT2D eigenvalue weighted by Gasteiger charge is -2.34. The molecule has 2 aromatic rings. The summed E-state index contributed by atoms with van der Waals surface area (Å²) in [4.78, 5) is 46.3. The standard InChI is InChI=1S/C23H30N4O5S2/c1-23(2,3)27-13-15(11-19(27)28)21(30)26-9-7-14(8-10-26)20(29)25-22-24-17-6-5-16(34(4,31)32)12-18(17)33-22/h5-6,12,14-15H,7-11,13H2,1-4H3,(H,24,25,29). The van der Waals surface area contributed by atoms with E-state index in [0.717, 1.165) is 6.26 Å². The van der Waals surface area contributed by atoms with E-state index in [0.29, 0.717) is 47.8 Å². The Morgan fingerprint density at radius 2 is 1.82 bits per heavy atom. The monoisotopic (exact) mass is 506 g/mol. The number of nitrogens with one attached hydrogen (secondary N) is 1. The number of thiazole rings is 1. The number of sulfone groups is 1. The smallest absolute Gasteiger partial charge is 0.229 e. The topological polar surface area (TPSA) is 117 Å². The maximum atomic E-state index is 13.0. The molecule has 9 nitrogen and oxygen atoms in total. The van der Waals surface area contributed by atoms with Crippen LogP contribution in [0.3, 0.4) is 0 Å². The van der Waals surface area contributed by atoms with Crippen LogP contribution in [0.15, 0.2) is 23.1 Å². The van der Waals surface area contributed by atoms with Gasteiger partial charge in [0.2, 0.25) is 17.7 Å². The fourth-order valence-corrected chi connectivity index (χ4v) is 6.17. The minimum absolute atomic E-state index is 0.00758. The number of anilines is 1. The van der Waals surface area contributed by atoms with Crippen LogP contribution in [0, 0.1) is 11.8 Å². The first-order valence-electron chi connectivity index (χ1n) is 11.3. The molecular formula is C23H30N4O5S2. The van der Waals surface area contributed by atoms with Gasteiger partial charge < -0.3 is 15.1 Å². The number of benzene rings is 1. The van der Waals surface area contributed by atoms with Gasteiger partial charge in [0.1, 0.15) is 0 Å². The Labute approximate surface area is 203 Å². The lowest BCUT2D eigenvalue weighted by atomic mass is 9.94. The fraction of sp³-hybridized carbons (Fsp3) is 0.565. The van der Waals surface area contributed by atoms with Crippen molar-refractivity contribution >= 4 is 54.2 Å². The summed E-state index contributed by atoms with van der Waals surface area (Å²) in [5.74, 6) is -0.702. The SMILES string of the molecule is CC(C)(C)N1CC(C(=O)N2CCC(C(=O)Nc3nc4ccc(S(C)(=O)=O)cc4s3)CC2)CC1=O. The molecule has 2 aliphatic rings. The Kier molecular flexibility index (Phi) is 6.45. The molecule has 0 bridgehead atoms. The Morgan fingerprint density at radius 3 is 2.41 bits per heavy atom. The highest BCUT2D eigenvalue weighted by atomic mass is 32.2. The summed E-state index contributed by atoms with van der Waals surface area (Å²) in [6.45, 7) is 7.32. The van der Waals surface area contributed by atoms with E-state index in [1.807, 2.05) is 20.8 Å². The zero-order chi connectivity index (χ0) is 24.8. The van der Waals surface area contributed by atoms with E-state index < -0.39 is 9.84 Å². The molecule has 0 aliphatic carbocycles. The number of carbonyl (C=O) groups excluding carboxylic acids is 3. The molecule has 0 saturated carbocycles. The first kappa shape index (κ1) is 24.6. The van der Waals surface area contributed by atoms with Crippen molar-refractivity contribution in [2.45, 2.75) is 50.5 Å². The number of carbonyl (C=O) groups is 3. The third-order valence-corrected chi connectivity index (χ3v) is 8.52. The van der Waals surface area contributed by atoms with Crippen LogP contribution in [-0.4, -0.2) is 72.4 Å². The molecule has 0 spiro atoms. The third kappa shape index (κ3) is 5.10. The first-order chi connectivity index (χ1) is 15.8. The Morgan fingerprint density at radius 1 is 1.15 bits per heavy atom. The van der Waals surface area contributed by atoms with Gasteiger partial charge >= 0.3 is 0 Å². The zero-order valence-corrected chi connectivity index (χ0v) is 21.5. The number of hydrogen-bond acceptors (Lipinski definition) is 7. The van der Waals surface area contributed by atoms with Crippen molar-refractivity contribution in [3.63, 3.8) is 0 Å². The van der Waals surface area contributed by atoms with Crippen LogP contribution < -0.4 is 5.32 Å². The molecular weight excluding hydrogens is 476 g/mol. The Balaban J connectivity index is 1.33. The minimum atomic E-state index is -3.32. The van der Waals surface area contributed by atoms with Gasteiger partial charge in [0.25, 0.3) is 0 Å². The molecule has 1 aromatic heterocycles. The average Bonchev–Trinajstić information content (AvgIpc) is 3.34. The second kappa shape index (κ2) is 8.92. The van der Waals surface area contributed by atoms with E-state index in [1.165, 1.54) is 17.4 Å². The molecule has 11 heteroatoms. The summed E-state index contributed by atoms with van der Waals surface area (Å²) in [5.41, 5.74) is 0.327. The number of fused-ring (bicyclic) bond motifs is 1. The highest BCUT2D eigenvalue weighted by molar-refractivity contribution is 7.90. The second-order valence-corrected chi connectivity index (χ2v) is 13.1. The number of piperidine rings is 1. The van der Waals surface area contributed by atoms with E-state index in [1.54, 1.807) is 21.9 Å². The summed E-state index contributed by atoms with van der Waals surface area (Å²) in [6.07, 6.45) is 2.49. The number of amides is 3. The van der Waals surface area contributed by atoms with E-state index in [-0.39, 0.29) is 46.4 Å². The van der Waals surface area contributed by atoms with Crippen LogP contribution in [0.1, 0.15) is 40.0 Å². The highest BCUT2D eigenvalue weighted by Gasteiger charge is 2.41. The zero-order valence-electron chi connectivity index (χ0n) is 19.8. The molecule has 2 saturated heterocycles. The Hall–Kier alpha value is -2.53. The number of nitrogens with zero attached hydrogens (tertiary/aromatic N) is 3. The largest absolute Gasteiger partial charge is 0.342 e. The van der Waals surface area contributed by atoms with Gasteiger partial charge in [0.05, 0.1) is 21.0 Å². The van der Waals surface area contributed by atoms with Crippen LogP contribution in [0.25, 0.3) is 10.2 Å². The summed E-state index contributed by atoms with van der Waals surface area (Å²) in [7, 11) is -3.32. The molecule has 1 aromatic carbocycles. The van der Waals surface area contributed by atoms with Gasteiger partial charge in [0.15, 0.2) is 15.0 Å². The Bertz CT molecular complexity index is 1240. The van der Waals surface area contributed by atoms with Crippen molar-refractivity contribution < 1.29 is 22.8 Å². The lowest BCUT2D eigenvalue weighted by Crippen LogP contribution is -2.46. The average molecular weight is 507 g/mol. The number of hydrogen-bond donors (Lipinski definition) is 1. The van der Waals surface area contributed by atoms with Crippen molar-refractivity contribution in [1.29, 1.82) is 0 Å². The van der Waals surface area contributed by atoms with Crippen molar-refractivity contribution in [3.05, 3.63) is 18.2 Å². The predicted octanol–water partition coefficient (Wildman–Crippen LogP) is 2.52. The minimum Gasteiger partial charge on any atom is -0.342 e. The van der Waals surface area contributed by atoms with Crippen LogP contribution in [-0.2, 0) is 24.2 Å². The lowest BCUT2D eigenvalue weighted by molar-refractivity contribution is -0.138. The van der Waals surface area contributed by atoms with Crippen LogP contribution in [0.5, 0.6) is 0 Å². The molecule has 3 amide bonds. The maximum absolute atomic E-state index is 13.0. The van der Waals surface area contributed by atoms with Crippen molar-refractivity contribution in [3.8, 4) is 0 Å². The van der Waals surface area contributed by atoms with Crippen molar-refractivity contribution in [2.75, 3.05) is 31.2 Å². The summed E-state index contributed by atoms with van der Waals surface area (Å²) in [5, 5.41) is 3.28. The molecule has 3 heterocycles. The molecule has 0 radical (unpaired) electrons. The maximum Gasteiger partial charge on any atom is 0.229 e. The van der Waals surface area contributed by atoms with Crippen LogP contribution in [0.2, 0.25) is 0 Å². The predicted molar refractivity (Wildman–Crippen MR) is 130 cm³/mol. The molecule has 34 heavy (non-hydrogen) atoms. The van der Waals surface area contributed by atoms with Gasteiger partial charge in [-0.05, 0) is 51.8 Å². The molecule has 4 rings (SSSR count). The normalized spacial score (nSPS) is 20.2. The summed E-state index contributed by atoms with van der Waals surface area (Å²) < 4.78 is 24.2. The summed E-state index contributed by atoms with van der Waals surface area (Å²) >= 11 is 1.24. The molecule has 1 atom stereocenters. The van der Waals surface area contributed by atoms with Crippen LogP contribution in [0.4, 0.5) is 5.13 Å². The molecule has 184 valence electrons. The molecule has 2 aliphatic heterocycles. The van der Waals surface area contributed by atoms with Gasteiger partial charge in [-0.3, -0.25) is 14.4 Å². The second-order valence-electron chi connectivity index (χ2n) is 10.1. The van der Waals surface area contributed by atoms with Crippen LogP contribution >= 0.6 is 11.3 Å². The van der Waals surface area contributed by atoms with E-state index in [2.05, 4.69) is 10.3 Å². The molecule has 2 fully saturated rings. The molecule has 1 N–H and O–H groups in total. The van der Waals surface area contributed by atoms with Gasteiger partial charge in [-0.1, -0.05) is 11.3 Å². The number of rotatable bonds is 4. The highest BCUT2D eigenvalue weighted by Crippen LogP contribution is 2.31. The van der Waals surface area contributed by atoms with Gasteiger partial charge in [-0.2, -0.15) is 0 Å². The number of aromatic nitrogens is 1. The van der Waals surface area contributed by atoms with Crippen molar-refractivity contribution in [2.24, 2.45) is 11.8 Å². The first-order valence-corrected chi connectivity index (χ1v) is 14.0. The summed E-state index contributed by atoms with van der Waals surface area (Å²) in [6, 6.07) is 4.71. The fourth-order valence-electron chi connectivity index (χ4n) is 4.54. The van der Waals surface area contributed by atoms with Gasteiger partial charge in [0, 0.05) is 43.8 Å². The van der Waals surface area contributed by atoms with E-state index in [4.69, 9.17) is 0 Å². The van der Waals surface area contributed by atoms with Gasteiger partial charge in [-0.15, -0.1) is 0 Å².